The standard InChI is InChI=1S/C24H29N3O/c1-19-6-4-5-15-27(19)18-23-8-3-2-7-22(23)17-26-24(28)14-13-20-9-11-21(16-25)12-10-20/h2-3,7-12,19H,4-6,13-15,17-18H2,1H3,(H,26,28)/t19-/m1/s1. The number of hydrogen-bond donors (Lipinski definition) is 1. The summed E-state index contributed by atoms with van der Waals surface area (Å²) in [5, 5.41) is 11.9. The first-order chi connectivity index (χ1) is 13.7. The maximum Gasteiger partial charge on any atom is 0.220 e. The van der Waals surface area contributed by atoms with Gasteiger partial charge in [0.2, 0.25) is 5.91 Å². The van der Waals surface area contributed by atoms with Gasteiger partial charge in [-0.05, 0) is 61.6 Å². The van der Waals surface area contributed by atoms with Crippen LogP contribution >= 0.6 is 0 Å². The first kappa shape index (κ1) is 20.1. The molecule has 0 spiro atoms. The summed E-state index contributed by atoms with van der Waals surface area (Å²) >= 11 is 0. The van der Waals surface area contributed by atoms with Crippen molar-refractivity contribution in [2.24, 2.45) is 0 Å². The maximum atomic E-state index is 12.3. The minimum absolute atomic E-state index is 0.0607. The van der Waals surface area contributed by atoms with Gasteiger partial charge in [0.1, 0.15) is 0 Å². The number of hydrogen-bond acceptors (Lipinski definition) is 3. The molecule has 1 fully saturated rings. The van der Waals surface area contributed by atoms with Crippen LogP contribution in [0.25, 0.3) is 0 Å². The van der Waals surface area contributed by atoms with Crippen molar-refractivity contribution < 1.29 is 4.79 Å². The lowest BCUT2D eigenvalue weighted by atomic mass is 10.0. The van der Waals surface area contributed by atoms with E-state index in [2.05, 4.69) is 41.4 Å². The van der Waals surface area contributed by atoms with E-state index in [1.54, 1.807) is 12.1 Å². The molecule has 4 heteroatoms. The summed E-state index contributed by atoms with van der Waals surface area (Å²) in [5.41, 5.74) is 4.23. The van der Waals surface area contributed by atoms with Crippen LogP contribution in [0.1, 0.15) is 54.9 Å². The van der Waals surface area contributed by atoms with Gasteiger partial charge < -0.3 is 5.32 Å². The number of amides is 1. The van der Waals surface area contributed by atoms with Crippen LogP contribution in [0.15, 0.2) is 48.5 Å². The van der Waals surface area contributed by atoms with Gasteiger partial charge in [0.15, 0.2) is 0 Å². The van der Waals surface area contributed by atoms with Crippen molar-refractivity contribution >= 4 is 5.91 Å². The molecule has 3 rings (SSSR count). The lowest BCUT2D eigenvalue weighted by molar-refractivity contribution is -0.121. The Labute approximate surface area is 168 Å². The molecule has 1 saturated heterocycles. The lowest BCUT2D eigenvalue weighted by Gasteiger charge is -2.33. The van der Waals surface area contributed by atoms with Gasteiger partial charge in [-0.25, -0.2) is 0 Å². The molecule has 1 N–H and O–H groups in total. The predicted molar refractivity (Wildman–Crippen MR) is 111 cm³/mol. The summed E-state index contributed by atoms with van der Waals surface area (Å²) in [6.45, 7) is 5.00. The molecular formula is C24H29N3O. The Morgan fingerprint density at radius 1 is 1.14 bits per heavy atom. The Bertz CT molecular complexity index is 822. The van der Waals surface area contributed by atoms with Crippen LogP contribution in [0.4, 0.5) is 0 Å². The number of nitrogens with zero attached hydrogens (tertiary/aromatic N) is 2. The number of rotatable bonds is 7. The summed E-state index contributed by atoms with van der Waals surface area (Å²) in [5.74, 6) is 0.0607. The zero-order valence-corrected chi connectivity index (χ0v) is 16.7. The van der Waals surface area contributed by atoms with Crippen LogP contribution in [-0.4, -0.2) is 23.4 Å². The molecule has 1 aliphatic rings. The van der Waals surface area contributed by atoms with Crippen LogP contribution in [0.2, 0.25) is 0 Å². The number of aryl methyl sites for hydroxylation is 1. The van der Waals surface area contributed by atoms with Crippen molar-refractivity contribution in [2.75, 3.05) is 6.54 Å². The minimum Gasteiger partial charge on any atom is -0.352 e. The molecule has 1 amide bonds. The average Bonchev–Trinajstić information content (AvgIpc) is 2.73. The maximum absolute atomic E-state index is 12.3. The molecule has 1 heterocycles. The molecule has 2 aromatic rings. The highest BCUT2D eigenvalue weighted by Gasteiger charge is 2.19. The molecule has 0 aromatic heterocycles. The summed E-state index contributed by atoms with van der Waals surface area (Å²) in [6.07, 6.45) is 5.02. The van der Waals surface area contributed by atoms with E-state index in [1.165, 1.54) is 30.4 Å². The number of carbonyl (C=O) groups excluding carboxylic acids is 1. The zero-order valence-electron chi connectivity index (χ0n) is 16.7. The van der Waals surface area contributed by atoms with Crippen molar-refractivity contribution in [1.82, 2.24) is 10.2 Å². The number of likely N-dealkylation sites (tertiary alicyclic amines) is 1. The lowest BCUT2D eigenvalue weighted by Crippen LogP contribution is -2.37. The molecule has 28 heavy (non-hydrogen) atoms. The van der Waals surface area contributed by atoms with Crippen molar-refractivity contribution in [3.05, 3.63) is 70.8 Å². The Kier molecular flexibility index (Phi) is 7.22. The molecule has 1 aliphatic heterocycles. The number of benzene rings is 2. The molecule has 0 saturated carbocycles. The Morgan fingerprint density at radius 2 is 1.89 bits per heavy atom. The molecule has 0 unspecified atom stereocenters. The van der Waals surface area contributed by atoms with E-state index in [1.807, 2.05) is 18.2 Å². The Hall–Kier alpha value is -2.64. The second-order valence-corrected chi connectivity index (χ2v) is 7.67. The monoisotopic (exact) mass is 375 g/mol. The van der Waals surface area contributed by atoms with E-state index in [-0.39, 0.29) is 5.91 Å². The molecular weight excluding hydrogens is 346 g/mol. The first-order valence-electron chi connectivity index (χ1n) is 10.2. The van der Waals surface area contributed by atoms with E-state index in [9.17, 15) is 4.79 Å². The van der Waals surface area contributed by atoms with Crippen LogP contribution in [0, 0.1) is 11.3 Å². The molecule has 0 bridgehead atoms. The van der Waals surface area contributed by atoms with Crippen molar-refractivity contribution in [3.63, 3.8) is 0 Å². The van der Waals surface area contributed by atoms with Crippen LogP contribution in [0.3, 0.4) is 0 Å². The van der Waals surface area contributed by atoms with Gasteiger partial charge in [0.25, 0.3) is 0 Å². The van der Waals surface area contributed by atoms with Gasteiger partial charge in [-0.15, -0.1) is 0 Å². The second kappa shape index (κ2) is 10.1. The van der Waals surface area contributed by atoms with Crippen molar-refractivity contribution in [3.8, 4) is 6.07 Å². The smallest absolute Gasteiger partial charge is 0.220 e. The summed E-state index contributed by atoms with van der Waals surface area (Å²) in [4.78, 5) is 14.8. The molecule has 1 atom stereocenters. The number of nitriles is 1. The van der Waals surface area contributed by atoms with E-state index >= 15 is 0 Å². The topological polar surface area (TPSA) is 56.1 Å². The minimum atomic E-state index is 0.0607. The fourth-order valence-electron chi connectivity index (χ4n) is 3.78. The van der Waals surface area contributed by atoms with Crippen molar-refractivity contribution in [2.45, 2.75) is 58.2 Å². The molecule has 146 valence electrons. The van der Waals surface area contributed by atoms with Crippen molar-refractivity contribution in [1.29, 1.82) is 5.26 Å². The van der Waals surface area contributed by atoms with Gasteiger partial charge in [0, 0.05) is 25.6 Å². The fraction of sp³-hybridized carbons (Fsp3) is 0.417. The molecule has 4 nitrogen and oxygen atoms in total. The second-order valence-electron chi connectivity index (χ2n) is 7.67. The quantitative estimate of drug-likeness (QED) is 0.790. The van der Waals surface area contributed by atoms with E-state index < -0.39 is 0 Å². The van der Waals surface area contributed by atoms with E-state index in [0.717, 1.165) is 18.7 Å². The predicted octanol–water partition coefficient (Wildman–Crippen LogP) is 4.18. The van der Waals surface area contributed by atoms with Gasteiger partial charge in [-0.3, -0.25) is 9.69 Å². The average molecular weight is 376 g/mol. The zero-order chi connectivity index (χ0) is 19.8. The van der Waals surface area contributed by atoms with Gasteiger partial charge in [0.05, 0.1) is 11.6 Å². The molecule has 0 radical (unpaired) electrons. The van der Waals surface area contributed by atoms with Crippen LogP contribution in [-0.2, 0) is 24.3 Å². The first-order valence-corrected chi connectivity index (χ1v) is 10.2. The van der Waals surface area contributed by atoms with Crippen LogP contribution in [0.5, 0.6) is 0 Å². The third-order valence-electron chi connectivity index (χ3n) is 5.63. The van der Waals surface area contributed by atoms with Gasteiger partial charge >= 0.3 is 0 Å². The highest BCUT2D eigenvalue weighted by atomic mass is 16.1. The number of carbonyl (C=O) groups is 1. The SMILES string of the molecule is C[C@@H]1CCCCN1Cc1ccccc1CNC(=O)CCc1ccc(C#N)cc1. The molecule has 2 aromatic carbocycles. The highest BCUT2D eigenvalue weighted by molar-refractivity contribution is 5.76. The molecule has 0 aliphatic carbocycles. The summed E-state index contributed by atoms with van der Waals surface area (Å²) < 4.78 is 0. The fourth-order valence-corrected chi connectivity index (χ4v) is 3.78. The van der Waals surface area contributed by atoms with Gasteiger partial charge in [-0.1, -0.05) is 42.8 Å². The summed E-state index contributed by atoms with van der Waals surface area (Å²) in [6, 6.07) is 18.6. The summed E-state index contributed by atoms with van der Waals surface area (Å²) in [7, 11) is 0. The Morgan fingerprint density at radius 3 is 2.61 bits per heavy atom. The normalized spacial score (nSPS) is 17.1. The highest BCUT2D eigenvalue weighted by Crippen LogP contribution is 2.20. The van der Waals surface area contributed by atoms with E-state index in [0.29, 0.717) is 31.0 Å². The van der Waals surface area contributed by atoms with E-state index in [4.69, 9.17) is 5.26 Å². The third kappa shape index (κ3) is 5.68. The number of nitrogens with one attached hydrogen (secondary N) is 1. The largest absolute Gasteiger partial charge is 0.352 e. The van der Waals surface area contributed by atoms with Crippen LogP contribution < -0.4 is 5.32 Å². The Balaban J connectivity index is 1.51. The van der Waals surface area contributed by atoms with Gasteiger partial charge in [-0.2, -0.15) is 5.26 Å². The number of piperidine rings is 1. The third-order valence-corrected chi connectivity index (χ3v) is 5.63.